The van der Waals surface area contributed by atoms with E-state index in [9.17, 15) is 0 Å². The highest BCUT2D eigenvalue weighted by atomic mass is 35.5. The second-order valence-electron chi connectivity index (χ2n) is 3.81. The van der Waals surface area contributed by atoms with Crippen LogP contribution in [0.2, 0.25) is 0 Å². The molecule has 0 amide bonds. The van der Waals surface area contributed by atoms with E-state index in [2.05, 4.69) is 11.2 Å². The molecule has 0 saturated heterocycles. The van der Waals surface area contributed by atoms with Gasteiger partial charge in [0.05, 0.1) is 6.61 Å². The van der Waals surface area contributed by atoms with Gasteiger partial charge in [0.25, 0.3) is 0 Å². The highest BCUT2D eigenvalue weighted by Gasteiger charge is 2.03. The van der Waals surface area contributed by atoms with Crippen LogP contribution in [0, 0.1) is 12.3 Å². The summed E-state index contributed by atoms with van der Waals surface area (Å²) < 4.78 is 5.28. The lowest BCUT2D eigenvalue weighted by Crippen LogP contribution is -2.31. The quantitative estimate of drug-likeness (QED) is 0.744. The van der Waals surface area contributed by atoms with Crippen molar-refractivity contribution in [1.29, 1.82) is 0 Å². The number of aliphatic hydroxyl groups is 1. The normalized spacial score (nSPS) is 11.2. The number of rotatable bonds is 7. The van der Waals surface area contributed by atoms with E-state index in [1.165, 1.54) is 0 Å². The van der Waals surface area contributed by atoms with Crippen LogP contribution < -0.4 is 10.1 Å². The summed E-state index contributed by atoms with van der Waals surface area (Å²) in [6, 6.07) is 7.93. The highest BCUT2D eigenvalue weighted by molar-refractivity contribution is 5.85. The number of terminal acetylenes is 1. The Kier molecular flexibility index (Phi) is 9.13. The molecule has 18 heavy (non-hydrogen) atoms. The third-order valence-corrected chi connectivity index (χ3v) is 2.55. The predicted molar refractivity (Wildman–Crippen MR) is 76.0 cm³/mol. The number of benzene rings is 1. The van der Waals surface area contributed by atoms with Crippen LogP contribution in [-0.2, 0) is 6.54 Å². The minimum atomic E-state index is 0. The first-order valence-corrected chi connectivity index (χ1v) is 5.79. The number of hydrogen-bond donors (Lipinski definition) is 2. The van der Waals surface area contributed by atoms with Gasteiger partial charge in [-0.05, 0) is 24.1 Å². The first-order chi connectivity index (χ1) is 8.30. The molecule has 1 aromatic rings. The Labute approximate surface area is 115 Å². The largest absolute Gasteiger partial charge is 0.481 e. The molecule has 1 aromatic carbocycles. The zero-order chi connectivity index (χ0) is 12.5. The molecule has 0 fully saturated rings. The van der Waals surface area contributed by atoms with Gasteiger partial charge in [-0.2, -0.15) is 0 Å². The number of ether oxygens (including phenoxy) is 1. The van der Waals surface area contributed by atoms with Crippen LogP contribution in [-0.4, -0.2) is 24.4 Å². The van der Waals surface area contributed by atoms with E-state index in [0.29, 0.717) is 6.61 Å². The molecule has 0 heterocycles. The second-order valence-corrected chi connectivity index (χ2v) is 3.81. The summed E-state index contributed by atoms with van der Waals surface area (Å²) in [7, 11) is 0. The first-order valence-electron chi connectivity index (χ1n) is 5.79. The van der Waals surface area contributed by atoms with Crippen LogP contribution in [0.3, 0.4) is 0 Å². The van der Waals surface area contributed by atoms with Crippen molar-refractivity contribution in [2.24, 2.45) is 0 Å². The maximum atomic E-state index is 9.04. The summed E-state index contributed by atoms with van der Waals surface area (Å²) in [6.45, 7) is 3.25. The molecule has 4 heteroatoms. The molecule has 0 saturated carbocycles. The Hall–Kier alpha value is -1.21. The molecule has 0 spiro atoms. The summed E-state index contributed by atoms with van der Waals surface area (Å²) in [4.78, 5) is 0. The van der Waals surface area contributed by atoms with E-state index in [1.807, 2.05) is 31.2 Å². The van der Waals surface area contributed by atoms with Gasteiger partial charge in [-0.3, -0.25) is 0 Å². The number of hydrogen-bond acceptors (Lipinski definition) is 3. The zero-order valence-electron chi connectivity index (χ0n) is 10.6. The van der Waals surface area contributed by atoms with Crippen LogP contribution >= 0.6 is 12.4 Å². The van der Waals surface area contributed by atoms with E-state index in [4.69, 9.17) is 16.3 Å². The fraction of sp³-hybridized carbons (Fsp3) is 0.429. The molecule has 3 nitrogen and oxygen atoms in total. The van der Waals surface area contributed by atoms with E-state index in [-0.39, 0.29) is 25.1 Å². The van der Waals surface area contributed by atoms with Crippen molar-refractivity contribution in [3.8, 4) is 18.1 Å². The molecular formula is C14H20ClNO2. The fourth-order valence-electron chi connectivity index (χ4n) is 1.43. The number of halogens is 1. The van der Waals surface area contributed by atoms with Gasteiger partial charge in [0.2, 0.25) is 0 Å². The Morgan fingerprint density at radius 2 is 2.06 bits per heavy atom. The average molecular weight is 270 g/mol. The van der Waals surface area contributed by atoms with Crippen molar-refractivity contribution in [1.82, 2.24) is 5.32 Å². The Balaban J connectivity index is 0.00000289. The highest BCUT2D eigenvalue weighted by Crippen LogP contribution is 2.12. The fourth-order valence-corrected chi connectivity index (χ4v) is 1.43. The third kappa shape index (κ3) is 5.92. The lowest BCUT2D eigenvalue weighted by atomic mass is 10.2. The molecule has 0 aliphatic heterocycles. The van der Waals surface area contributed by atoms with Crippen LogP contribution in [0.1, 0.15) is 18.9 Å². The molecule has 0 radical (unpaired) electrons. The van der Waals surface area contributed by atoms with Gasteiger partial charge in [0, 0.05) is 12.6 Å². The van der Waals surface area contributed by atoms with Gasteiger partial charge in [-0.25, -0.2) is 0 Å². The lowest BCUT2D eigenvalue weighted by Gasteiger charge is -2.14. The monoisotopic (exact) mass is 269 g/mol. The van der Waals surface area contributed by atoms with Crippen LogP contribution in [0.5, 0.6) is 5.75 Å². The van der Waals surface area contributed by atoms with Crippen molar-refractivity contribution in [2.75, 3.05) is 13.2 Å². The Bertz CT molecular complexity index is 355. The van der Waals surface area contributed by atoms with Crippen molar-refractivity contribution < 1.29 is 9.84 Å². The maximum Gasteiger partial charge on any atom is 0.148 e. The summed E-state index contributed by atoms with van der Waals surface area (Å²) in [5.74, 6) is 3.20. The van der Waals surface area contributed by atoms with Gasteiger partial charge in [-0.15, -0.1) is 18.8 Å². The molecule has 0 aliphatic rings. The zero-order valence-corrected chi connectivity index (χ0v) is 11.4. The van der Waals surface area contributed by atoms with Gasteiger partial charge >= 0.3 is 0 Å². The number of nitrogens with one attached hydrogen (secondary N) is 1. The molecular weight excluding hydrogens is 250 g/mol. The third-order valence-electron chi connectivity index (χ3n) is 2.55. The summed E-state index contributed by atoms with van der Waals surface area (Å²) >= 11 is 0. The molecule has 1 unspecified atom stereocenters. The van der Waals surface area contributed by atoms with Crippen LogP contribution in [0.15, 0.2) is 24.3 Å². The minimum absolute atomic E-state index is 0. The molecule has 0 aliphatic carbocycles. The molecule has 0 bridgehead atoms. The van der Waals surface area contributed by atoms with E-state index in [1.54, 1.807) is 0 Å². The molecule has 1 atom stereocenters. The predicted octanol–water partition coefficient (Wildman–Crippen LogP) is 1.98. The van der Waals surface area contributed by atoms with Crippen LogP contribution in [0.25, 0.3) is 0 Å². The van der Waals surface area contributed by atoms with Gasteiger partial charge in [-0.1, -0.05) is 25.0 Å². The lowest BCUT2D eigenvalue weighted by molar-refractivity contribution is 0.238. The molecule has 100 valence electrons. The standard InChI is InChI=1S/C14H19NO2.ClH/c1-3-9-17-14-7-5-12(6-8-14)10-15-13(4-2)11-16;/h1,5-8,13,15-16H,4,9-11H2,2H3;1H. The average Bonchev–Trinajstić information content (AvgIpc) is 2.39. The topological polar surface area (TPSA) is 41.5 Å². The maximum absolute atomic E-state index is 9.04. The molecule has 1 rings (SSSR count). The van der Waals surface area contributed by atoms with Crippen molar-refractivity contribution in [3.05, 3.63) is 29.8 Å². The van der Waals surface area contributed by atoms with Crippen LogP contribution in [0.4, 0.5) is 0 Å². The molecule has 2 N–H and O–H groups in total. The van der Waals surface area contributed by atoms with E-state index in [0.717, 1.165) is 24.3 Å². The SMILES string of the molecule is C#CCOc1ccc(CNC(CC)CO)cc1.Cl. The van der Waals surface area contributed by atoms with Crippen molar-refractivity contribution in [3.63, 3.8) is 0 Å². The van der Waals surface area contributed by atoms with Crippen molar-refractivity contribution >= 4 is 12.4 Å². The van der Waals surface area contributed by atoms with Crippen molar-refractivity contribution in [2.45, 2.75) is 25.9 Å². The van der Waals surface area contributed by atoms with E-state index < -0.39 is 0 Å². The second kappa shape index (κ2) is 9.78. The summed E-state index contributed by atoms with van der Waals surface area (Å²) in [6.07, 6.45) is 6.03. The minimum Gasteiger partial charge on any atom is -0.481 e. The first kappa shape index (κ1) is 16.8. The van der Waals surface area contributed by atoms with E-state index >= 15 is 0 Å². The Morgan fingerprint density at radius 1 is 1.39 bits per heavy atom. The smallest absolute Gasteiger partial charge is 0.148 e. The number of aliphatic hydroxyl groups excluding tert-OH is 1. The summed E-state index contributed by atoms with van der Waals surface area (Å²) in [5, 5.41) is 12.3. The van der Waals surface area contributed by atoms with Gasteiger partial charge < -0.3 is 15.2 Å². The van der Waals surface area contributed by atoms with Gasteiger partial charge in [0.15, 0.2) is 0 Å². The molecule has 0 aromatic heterocycles. The Morgan fingerprint density at radius 3 is 2.56 bits per heavy atom. The van der Waals surface area contributed by atoms with Gasteiger partial charge in [0.1, 0.15) is 12.4 Å². The summed E-state index contributed by atoms with van der Waals surface area (Å²) in [5.41, 5.74) is 1.16.